The lowest BCUT2D eigenvalue weighted by Crippen LogP contribution is -2.24. The minimum absolute atomic E-state index is 0.0862. The van der Waals surface area contributed by atoms with Crippen LogP contribution in [0.5, 0.6) is 0 Å². The van der Waals surface area contributed by atoms with Crippen LogP contribution in [0.25, 0.3) is 11.6 Å². The largest absolute Gasteiger partial charge is 0.461 e. The minimum Gasteiger partial charge on any atom is -0.461 e. The van der Waals surface area contributed by atoms with Crippen molar-refractivity contribution in [1.82, 2.24) is 15.3 Å². The number of carbonyl (C=O) groups excluding carboxylic acids is 1. The molecule has 1 aromatic carbocycles. The first kappa shape index (κ1) is 15.1. The number of nitrogens with one attached hydrogen (secondary N) is 1. The van der Waals surface area contributed by atoms with Gasteiger partial charge in [0.25, 0.3) is 5.91 Å². The van der Waals surface area contributed by atoms with Crippen molar-refractivity contribution >= 4 is 23.3 Å². The van der Waals surface area contributed by atoms with Gasteiger partial charge in [0.15, 0.2) is 11.6 Å². The van der Waals surface area contributed by atoms with Gasteiger partial charge in [-0.15, -0.1) is 0 Å². The molecule has 0 saturated carbocycles. The summed E-state index contributed by atoms with van der Waals surface area (Å²) in [7, 11) is 0. The van der Waals surface area contributed by atoms with Crippen LogP contribution in [-0.2, 0) is 6.54 Å². The number of nitrogens with two attached hydrogens (primary N) is 1. The number of furan rings is 1. The Morgan fingerprint density at radius 1 is 1.26 bits per heavy atom. The molecule has 3 N–H and O–H groups in total. The molecule has 0 fully saturated rings. The molecule has 3 rings (SSSR count). The molecule has 0 aliphatic rings. The summed E-state index contributed by atoms with van der Waals surface area (Å²) in [6.45, 7) is 0.290. The summed E-state index contributed by atoms with van der Waals surface area (Å²) in [4.78, 5) is 20.4. The van der Waals surface area contributed by atoms with Crippen LogP contribution in [0.3, 0.4) is 0 Å². The average Bonchev–Trinajstić information content (AvgIpc) is 3.08. The third-order valence-corrected chi connectivity index (χ3v) is 3.57. The fraction of sp³-hybridized carbons (Fsp3) is 0.0625. The van der Waals surface area contributed by atoms with Gasteiger partial charge in [0.1, 0.15) is 5.82 Å². The van der Waals surface area contributed by atoms with E-state index in [0.717, 1.165) is 5.56 Å². The number of halogens is 1. The Morgan fingerprint density at radius 2 is 2.09 bits per heavy atom. The number of amides is 1. The Kier molecular flexibility index (Phi) is 4.25. The van der Waals surface area contributed by atoms with Gasteiger partial charge < -0.3 is 15.5 Å². The van der Waals surface area contributed by atoms with E-state index < -0.39 is 0 Å². The SMILES string of the molecule is Nc1nc(-c2ccco2)ncc1C(=O)NCc1ccccc1Cl. The second-order valence-electron chi connectivity index (χ2n) is 4.74. The van der Waals surface area contributed by atoms with E-state index in [4.69, 9.17) is 21.8 Å². The van der Waals surface area contributed by atoms with Gasteiger partial charge in [0, 0.05) is 17.8 Å². The highest BCUT2D eigenvalue weighted by molar-refractivity contribution is 6.31. The minimum atomic E-state index is -0.367. The van der Waals surface area contributed by atoms with Crippen LogP contribution in [0.4, 0.5) is 5.82 Å². The Balaban J connectivity index is 1.74. The zero-order valence-corrected chi connectivity index (χ0v) is 12.7. The summed E-state index contributed by atoms with van der Waals surface area (Å²) in [6, 6.07) is 10.7. The summed E-state index contributed by atoms with van der Waals surface area (Å²) in [5.41, 5.74) is 6.86. The topological polar surface area (TPSA) is 94.0 Å². The van der Waals surface area contributed by atoms with Crippen LogP contribution in [0.1, 0.15) is 15.9 Å². The molecule has 0 aliphatic carbocycles. The molecule has 1 amide bonds. The van der Waals surface area contributed by atoms with Gasteiger partial charge in [-0.3, -0.25) is 4.79 Å². The highest BCUT2D eigenvalue weighted by Gasteiger charge is 2.14. The first-order valence-corrected chi connectivity index (χ1v) is 7.21. The monoisotopic (exact) mass is 328 g/mol. The molecule has 23 heavy (non-hydrogen) atoms. The van der Waals surface area contributed by atoms with Crippen molar-refractivity contribution in [2.45, 2.75) is 6.54 Å². The molecule has 2 heterocycles. The molecule has 2 aromatic heterocycles. The van der Waals surface area contributed by atoms with Crippen molar-refractivity contribution in [2.75, 3.05) is 5.73 Å². The van der Waals surface area contributed by atoms with Crippen molar-refractivity contribution in [2.24, 2.45) is 0 Å². The Labute approximate surface area is 137 Å². The number of hydrogen-bond donors (Lipinski definition) is 2. The third kappa shape index (κ3) is 3.32. The lowest BCUT2D eigenvalue weighted by Gasteiger charge is -2.08. The first-order valence-electron chi connectivity index (χ1n) is 6.83. The van der Waals surface area contributed by atoms with E-state index in [1.807, 2.05) is 18.2 Å². The number of rotatable bonds is 4. The second kappa shape index (κ2) is 6.50. The van der Waals surface area contributed by atoms with Crippen molar-refractivity contribution in [1.29, 1.82) is 0 Å². The zero-order valence-electron chi connectivity index (χ0n) is 12.0. The number of nitrogen functional groups attached to an aromatic ring is 1. The van der Waals surface area contributed by atoms with Gasteiger partial charge in [-0.2, -0.15) is 0 Å². The lowest BCUT2D eigenvalue weighted by atomic mass is 10.2. The molecule has 116 valence electrons. The van der Waals surface area contributed by atoms with Gasteiger partial charge in [-0.25, -0.2) is 9.97 Å². The molecule has 0 spiro atoms. The van der Waals surface area contributed by atoms with Crippen molar-refractivity contribution < 1.29 is 9.21 Å². The standard InChI is InChI=1S/C16H13ClN4O2/c17-12-5-2-1-4-10(12)8-20-16(22)11-9-19-15(21-14(11)18)13-6-3-7-23-13/h1-7,9H,8H2,(H,20,22)(H2,18,19,21). The molecule has 3 aromatic rings. The van der Waals surface area contributed by atoms with E-state index in [-0.39, 0.29) is 23.8 Å². The van der Waals surface area contributed by atoms with Gasteiger partial charge >= 0.3 is 0 Å². The van der Waals surface area contributed by atoms with E-state index in [0.29, 0.717) is 16.6 Å². The molecular weight excluding hydrogens is 316 g/mol. The van der Waals surface area contributed by atoms with E-state index in [1.165, 1.54) is 12.5 Å². The molecule has 0 unspecified atom stereocenters. The summed E-state index contributed by atoms with van der Waals surface area (Å²) in [5.74, 6) is 0.534. The van der Waals surface area contributed by atoms with Crippen LogP contribution in [0, 0.1) is 0 Å². The van der Waals surface area contributed by atoms with Crippen molar-refractivity contribution in [3.63, 3.8) is 0 Å². The average molecular weight is 329 g/mol. The van der Waals surface area contributed by atoms with Gasteiger partial charge in [0.2, 0.25) is 0 Å². The van der Waals surface area contributed by atoms with Gasteiger partial charge in [-0.1, -0.05) is 29.8 Å². The van der Waals surface area contributed by atoms with E-state index >= 15 is 0 Å². The maximum absolute atomic E-state index is 12.2. The van der Waals surface area contributed by atoms with Crippen LogP contribution in [-0.4, -0.2) is 15.9 Å². The summed E-state index contributed by atoms with van der Waals surface area (Å²) >= 11 is 6.05. The Bertz CT molecular complexity index is 834. The number of anilines is 1. The Hall–Kier alpha value is -2.86. The van der Waals surface area contributed by atoms with Crippen LogP contribution in [0.15, 0.2) is 53.3 Å². The van der Waals surface area contributed by atoms with E-state index in [1.54, 1.807) is 18.2 Å². The highest BCUT2D eigenvalue weighted by atomic mass is 35.5. The summed E-state index contributed by atoms with van der Waals surface area (Å²) in [6.07, 6.45) is 2.89. The maximum atomic E-state index is 12.2. The molecule has 0 aliphatic heterocycles. The number of carbonyl (C=O) groups is 1. The molecule has 7 heteroatoms. The normalized spacial score (nSPS) is 10.5. The summed E-state index contributed by atoms with van der Waals surface area (Å²) < 4.78 is 5.20. The van der Waals surface area contributed by atoms with Crippen LogP contribution < -0.4 is 11.1 Å². The predicted molar refractivity (Wildman–Crippen MR) is 86.8 cm³/mol. The van der Waals surface area contributed by atoms with Crippen LogP contribution >= 0.6 is 11.6 Å². The molecule has 0 bridgehead atoms. The lowest BCUT2D eigenvalue weighted by molar-refractivity contribution is 0.0951. The maximum Gasteiger partial charge on any atom is 0.256 e. The molecule has 6 nitrogen and oxygen atoms in total. The van der Waals surface area contributed by atoms with E-state index in [9.17, 15) is 4.79 Å². The number of nitrogens with zero attached hydrogens (tertiary/aromatic N) is 2. The number of hydrogen-bond acceptors (Lipinski definition) is 5. The van der Waals surface area contributed by atoms with Crippen molar-refractivity contribution in [3.8, 4) is 11.6 Å². The number of benzene rings is 1. The molecule has 0 radical (unpaired) electrons. The molecule has 0 atom stereocenters. The summed E-state index contributed by atoms with van der Waals surface area (Å²) in [5, 5.41) is 3.33. The Morgan fingerprint density at radius 3 is 2.78 bits per heavy atom. The van der Waals surface area contributed by atoms with E-state index in [2.05, 4.69) is 15.3 Å². The van der Waals surface area contributed by atoms with Crippen LogP contribution in [0.2, 0.25) is 5.02 Å². The second-order valence-corrected chi connectivity index (χ2v) is 5.15. The highest BCUT2D eigenvalue weighted by Crippen LogP contribution is 2.18. The van der Waals surface area contributed by atoms with Crippen molar-refractivity contribution in [3.05, 3.63) is 65.0 Å². The predicted octanol–water partition coefficient (Wildman–Crippen LogP) is 2.90. The fourth-order valence-corrected chi connectivity index (χ4v) is 2.21. The van der Waals surface area contributed by atoms with Gasteiger partial charge in [0.05, 0.1) is 11.8 Å². The molecule has 0 saturated heterocycles. The fourth-order valence-electron chi connectivity index (χ4n) is 2.01. The number of aromatic nitrogens is 2. The smallest absolute Gasteiger partial charge is 0.256 e. The van der Waals surface area contributed by atoms with Gasteiger partial charge in [-0.05, 0) is 23.8 Å². The third-order valence-electron chi connectivity index (χ3n) is 3.20. The first-order chi connectivity index (χ1) is 11.1. The zero-order chi connectivity index (χ0) is 16.2. The quantitative estimate of drug-likeness (QED) is 0.768. The molecular formula is C16H13ClN4O2.